The van der Waals surface area contributed by atoms with E-state index in [1.807, 2.05) is 12.3 Å². The molecule has 0 unspecified atom stereocenters. The number of rotatable bonds is 9. The lowest BCUT2D eigenvalue weighted by molar-refractivity contribution is -0.137. The van der Waals surface area contributed by atoms with Crippen molar-refractivity contribution in [3.8, 4) is 10.4 Å². The standard InChI is InChI=1S/C24H22F3N9OS2/c25-24(26,27)15-2-1-3-16(8-15)34-22(37)35-23-30-11-17(38-23)4-6-29-21-20-18(31-13-32-21)9-19(39-20)14-10-33-36(12-14)7-5-28/h1-3,8-13H,4-7,28H2,(H,29,31,32)(H2,30,34,35,37). The largest absolute Gasteiger partial charge is 0.416 e. The highest BCUT2D eigenvalue weighted by molar-refractivity contribution is 7.22. The lowest BCUT2D eigenvalue weighted by atomic mass is 10.2. The van der Waals surface area contributed by atoms with E-state index >= 15 is 0 Å². The lowest BCUT2D eigenvalue weighted by Crippen LogP contribution is -2.19. The van der Waals surface area contributed by atoms with E-state index in [1.54, 1.807) is 28.4 Å². The van der Waals surface area contributed by atoms with Gasteiger partial charge in [0.05, 0.1) is 28.5 Å². The van der Waals surface area contributed by atoms with Gasteiger partial charge in [-0.15, -0.1) is 22.7 Å². The Morgan fingerprint density at radius 2 is 1.95 bits per heavy atom. The van der Waals surface area contributed by atoms with E-state index in [4.69, 9.17) is 5.73 Å². The molecule has 4 aromatic heterocycles. The maximum absolute atomic E-state index is 12.9. The van der Waals surface area contributed by atoms with Crippen molar-refractivity contribution in [3.05, 3.63) is 65.7 Å². The van der Waals surface area contributed by atoms with Gasteiger partial charge in [0, 0.05) is 52.9 Å². The quantitative estimate of drug-likeness (QED) is 0.188. The Kier molecular flexibility index (Phi) is 7.72. The molecule has 0 atom stereocenters. The maximum atomic E-state index is 12.9. The third kappa shape index (κ3) is 6.50. The van der Waals surface area contributed by atoms with E-state index in [2.05, 4.69) is 36.0 Å². The molecule has 0 radical (unpaired) electrons. The van der Waals surface area contributed by atoms with E-state index in [9.17, 15) is 18.0 Å². The molecule has 0 bridgehead atoms. The minimum absolute atomic E-state index is 0.0283. The third-order valence-electron chi connectivity index (χ3n) is 5.47. The minimum Gasteiger partial charge on any atom is -0.368 e. The van der Waals surface area contributed by atoms with Crippen LogP contribution in [-0.4, -0.2) is 43.9 Å². The van der Waals surface area contributed by atoms with Gasteiger partial charge in [-0.25, -0.2) is 19.7 Å². The highest BCUT2D eigenvalue weighted by Crippen LogP contribution is 2.35. The number of aromatic nitrogens is 5. The number of fused-ring (bicyclic) bond motifs is 1. The fourth-order valence-electron chi connectivity index (χ4n) is 3.69. The molecule has 5 N–H and O–H groups in total. The monoisotopic (exact) mass is 573 g/mol. The number of carbonyl (C=O) groups excluding carboxylic acids is 1. The van der Waals surface area contributed by atoms with Crippen LogP contribution >= 0.6 is 22.7 Å². The maximum Gasteiger partial charge on any atom is 0.416 e. The molecule has 0 fully saturated rings. The van der Waals surface area contributed by atoms with Gasteiger partial charge in [-0.2, -0.15) is 18.3 Å². The summed E-state index contributed by atoms with van der Waals surface area (Å²) in [6.07, 6.45) is 3.03. The van der Waals surface area contributed by atoms with Crippen molar-refractivity contribution in [1.82, 2.24) is 24.7 Å². The van der Waals surface area contributed by atoms with Crippen molar-refractivity contribution in [3.63, 3.8) is 0 Å². The van der Waals surface area contributed by atoms with Crippen LogP contribution in [0.5, 0.6) is 0 Å². The number of amides is 2. The number of benzene rings is 1. The van der Waals surface area contributed by atoms with Crippen molar-refractivity contribution < 1.29 is 18.0 Å². The number of alkyl halides is 3. The predicted molar refractivity (Wildman–Crippen MR) is 146 cm³/mol. The fraction of sp³-hybridized carbons (Fsp3) is 0.208. The summed E-state index contributed by atoms with van der Waals surface area (Å²) in [6.45, 7) is 1.72. The summed E-state index contributed by atoms with van der Waals surface area (Å²) in [5, 5.41) is 12.9. The Morgan fingerprint density at radius 3 is 2.77 bits per heavy atom. The topological polar surface area (TPSA) is 136 Å². The molecule has 202 valence electrons. The number of carbonyl (C=O) groups is 1. The summed E-state index contributed by atoms with van der Waals surface area (Å²) in [5.74, 6) is 0.717. The molecule has 5 aromatic rings. The van der Waals surface area contributed by atoms with Crippen LogP contribution in [0, 0.1) is 0 Å². The number of thiophene rings is 1. The second kappa shape index (κ2) is 11.3. The average molecular weight is 574 g/mol. The van der Waals surface area contributed by atoms with Gasteiger partial charge >= 0.3 is 12.2 Å². The Morgan fingerprint density at radius 1 is 1.08 bits per heavy atom. The van der Waals surface area contributed by atoms with Gasteiger partial charge in [0.15, 0.2) is 5.13 Å². The van der Waals surface area contributed by atoms with Crippen molar-refractivity contribution in [2.45, 2.75) is 19.1 Å². The van der Waals surface area contributed by atoms with Gasteiger partial charge in [-0.1, -0.05) is 6.07 Å². The zero-order valence-electron chi connectivity index (χ0n) is 20.2. The van der Waals surface area contributed by atoms with Crippen molar-refractivity contribution in [1.29, 1.82) is 0 Å². The first kappa shape index (κ1) is 26.5. The number of thiazole rings is 1. The van der Waals surface area contributed by atoms with Crippen LogP contribution in [0.3, 0.4) is 0 Å². The number of urea groups is 1. The molecule has 4 heterocycles. The molecular weight excluding hydrogens is 551 g/mol. The Labute approximate surface area is 228 Å². The van der Waals surface area contributed by atoms with E-state index < -0.39 is 17.8 Å². The third-order valence-corrected chi connectivity index (χ3v) is 7.63. The van der Waals surface area contributed by atoms with Crippen LogP contribution in [0.4, 0.5) is 34.6 Å². The zero-order chi connectivity index (χ0) is 27.4. The van der Waals surface area contributed by atoms with Crippen LogP contribution < -0.4 is 21.7 Å². The molecule has 39 heavy (non-hydrogen) atoms. The van der Waals surface area contributed by atoms with Crippen LogP contribution in [0.25, 0.3) is 20.7 Å². The summed E-state index contributed by atoms with van der Waals surface area (Å²) >= 11 is 2.84. The number of halogens is 3. The number of hydrogen-bond acceptors (Lipinski definition) is 9. The number of anilines is 3. The molecule has 0 saturated carbocycles. The second-order valence-electron chi connectivity index (χ2n) is 8.29. The molecule has 10 nitrogen and oxygen atoms in total. The Hall–Kier alpha value is -4.08. The van der Waals surface area contributed by atoms with Gasteiger partial charge in [0.25, 0.3) is 0 Å². The number of nitrogens with two attached hydrogens (primary N) is 1. The Bertz CT molecular complexity index is 1600. The SMILES string of the molecule is NCCn1cc(-c2cc3ncnc(NCCc4cnc(NC(=O)Nc5cccc(C(F)(F)F)c5)s4)c3s2)cn1. The van der Waals surface area contributed by atoms with Gasteiger partial charge < -0.3 is 16.4 Å². The van der Waals surface area contributed by atoms with Gasteiger partial charge in [0.2, 0.25) is 0 Å². The molecule has 0 aliphatic rings. The number of hydrogen-bond donors (Lipinski definition) is 4. The first-order valence-electron chi connectivity index (χ1n) is 11.7. The summed E-state index contributed by atoms with van der Waals surface area (Å²) in [4.78, 5) is 27.1. The molecular formula is C24H22F3N9OS2. The number of nitrogens with one attached hydrogen (secondary N) is 3. The van der Waals surface area contributed by atoms with Crippen LogP contribution in [0.1, 0.15) is 10.4 Å². The fourth-order valence-corrected chi connectivity index (χ4v) is 5.54. The molecule has 0 aliphatic carbocycles. The van der Waals surface area contributed by atoms with Crippen LogP contribution in [-0.2, 0) is 19.1 Å². The highest BCUT2D eigenvalue weighted by Gasteiger charge is 2.30. The summed E-state index contributed by atoms with van der Waals surface area (Å²) in [7, 11) is 0. The predicted octanol–water partition coefficient (Wildman–Crippen LogP) is 5.29. The molecule has 1 aromatic carbocycles. The van der Waals surface area contributed by atoms with E-state index in [1.165, 1.54) is 29.8 Å². The van der Waals surface area contributed by atoms with E-state index in [0.717, 1.165) is 37.7 Å². The normalized spacial score (nSPS) is 11.6. The zero-order valence-corrected chi connectivity index (χ0v) is 21.8. The van der Waals surface area contributed by atoms with E-state index in [-0.39, 0.29) is 5.69 Å². The summed E-state index contributed by atoms with van der Waals surface area (Å²) < 4.78 is 41.4. The van der Waals surface area contributed by atoms with Crippen LogP contribution in [0.15, 0.2) is 55.2 Å². The van der Waals surface area contributed by atoms with Gasteiger partial charge in [-0.05, 0) is 24.3 Å². The van der Waals surface area contributed by atoms with Gasteiger partial charge in [-0.3, -0.25) is 10.00 Å². The van der Waals surface area contributed by atoms with Crippen molar-refractivity contribution in [2.75, 3.05) is 29.0 Å². The molecule has 0 saturated heterocycles. The van der Waals surface area contributed by atoms with Crippen LogP contribution in [0.2, 0.25) is 0 Å². The first-order chi connectivity index (χ1) is 18.8. The molecule has 15 heteroatoms. The van der Waals surface area contributed by atoms with Crippen molar-refractivity contribution in [2.24, 2.45) is 5.73 Å². The van der Waals surface area contributed by atoms with Gasteiger partial charge in [0.1, 0.15) is 12.1 Å². The molecule has 0 aliphatic heterocycles. The minimum atomic E-state index is -4.50. The summed E-state index contributed by atoms with van der Waals surface area (Å²) in [6, 6.07) is 5.73. The molecule has 0 spiro atoms. The Balaban J connectivity index is 1.16. The number of nitrogens with zero attached hydrogens (tertiary/aromatic N) is 5. The molecule has 2 amide bonds. The lowest BCUT2D eigenvalue weighted by Gasteiger charge is -2.09. The second-order valence-corrected chi connectivity index (χ2v) is 10.5. The van der Waals surface area contributed by atoms with E-state index in [0.29, 0.717) is 37.0 Å². The smallest absolute Gasteiger partial charge is 0.368 e. The molecule has 5 rings (SSSR count). The summed E-state index contributed by atoms with van der Waals surface area (Å²) in [5.41, 5.74) is 6.60. The first-order valence-corrected chi connectivity index (χ1v) is 13.3. The van der Waals surface area contributed by atoms with Crippen molar-refractivity contribution >= 4 is 55.6 Å². The highest BCUT2D eigenvalue weighted by atomic mass is 32.1. The average Bonchev–Trinajstić information content (AvgIpc) is 3.64.